The Morgan fingerprint density at radius 2 is 1.22 bits per heavy atom. The van der Waals surface area contributed by atoms with Crippen LogP contribution in [0.2, 0.25) is 0 Å². The summed E-state index contributed by atoms with van der Waals surface area (Å²) in [5.74, 6) is -0.474. The van der Waals surface area contributed by atoms with E-state index in [4.69, 9.17) is 22.3 Å². The van der Waals surface area contributed by atoms with Gasteiger partial charge < -0.3 is 58.2 Å². The second-order valence-corrected chi connectivity index (χ2v) is 7.13. The molecule has 0 rings (SSSR count). The zero-order chi connectivity index (χ0) is 24.8. The number of aldehydes is 1. The first-order chi connectivity index (χ1) is 15.2. The molecule has 0 saturated carbocycles. The molecule has 13 heteroatoms. The van der Waals surface area contributed by atoms with E-state index < -0.39 is 12.2 Å². The molecular formula is C19H43N7O6. The van der Waals surface area contributed by atoms with Crippen molar-refractivity contribution >= 4 is 18.1 Å². The Labute approximate surface area is 190 Å². The van der Waals surface area contributed by atoms with Gasteiger partial charge in [0.1, 0.15) is 6.29 Å². The van der Waals surface area contributed by atoms with E-state index in [1.54, 1.807) is 7.05 Å². The van der Waals surface area contributed by atoms with Crippen LogP contribution in [0.1, 0.15) is 19.3 Å². The molecule has 0 aromatic heterocycles. The van der Waals surface area contributed by atoms with Gasteiger partial charge in [-0.25, -0.2) is 0 Å². The molecule has 3 unspecified atom stereocenters. The van der Waals surface area contributed by atoms with Crippen molar-refractivity contribution in [3.05, 3.63) is 0 Å². The molecule has 12 N–H and O–H groups in total. The van der Waals surface area contributed by atoms with Crippen molar-refractivity contribution in [1.82, 2.24) is 20.9 Å². The van der Waals surface area contributed by atoms with Crippen LogP contribution in [0.5, 0.6) is 0 Å². The third kappa shape index (κ3) is 21.5. The lowest BCUT2D eigenvalue weighted by molar-refractivity contribution is -0.121. The minimum absolute atomic E-state index is 0.0692. The topological polar surface area (TPSA) is 229 Å². The molecule has 190 valence electrons. The summed E-state index contributed by atoms with van der Waals surface area (Å²) in [7, 11) is 1.78. The fourth-order valence-corrected chi connectivity index (χ4v) is 2.22. The number of nitrogens with two attached hydrogens (primary N) is 3. The van der Waals surface area contributed by atoms with Crippen molar-refractivity contribution in [2.75, 3.05) is 66.0 Å². The van der Waals surface area contributed by atoms with Crippen molar-refractivity contribution in [3.8, 4) is 0 Å². The molecular weight excluding hydrogens is 422 g/mol. The molecule has 32 heavy (non-hydrogen) atoms. The molecule has 0 spiro atoms. The molecule has 3 atom stereocenters. The van der Waals surface area contributed by atoms with Gasteiger partial charge in [-0.1, -0.05) is 0 Å². The largest absolute Gasteiger partial charge is 0.390 e. The van der Waals surface area contributed by atoms with Gasteiger partial charge in [0.05, 0.1) is 18.3 Å². The van der Waals surface area contributed by atoms with Crippen LogP contribution in [0, 0.1) is 0 Å². The number of amides is 2. The van der Waals surface area contributed by atoms with Crippen LogP contribution in [-0.2, 0) is 14.4 Å². The average molecular weight is 466 g/mol. The van der Waals surface area contributed by atoms with E-state index >= 15 is 0 Å². The number of likely N-dealkylation sites (N-methyl/N-ethyl adjacent to an activating group) is 1. The van der Waals surface area contributed by atoms with Crippen molar-refractivity contribution in [1.29, 1.82) is 0 Å². The first-order valence-electron chi connectivity index (χ1n) is 10.7. The number of nitrogens with one attached hydrogen (secondary N) is 3. The van der Waals surface area contributed by atoms with E-state index in [1.165, 1.54) is 0 Å². The Morgan fingerprint density at radius 3 is 1.53 bits per heavy atom. The molecule has 0 aliphatic carbocycles. The molecule has 0 heterocycles. The first kappa shape index (κ1) is 32.5. The monoisotopic (exact) mass is 465 g/mol. The predicted molar refractivity (Wildman–Crippen MR) is 121 cm³/mol. The number of hydrogen-bond acceptors (Lipinski definition) is 11. The number of carbonyl (C=O) groups excluding carboxylic acids is 3. The molecule has 0 aliphatic heterocycles. The molecule has 0 aromatic rings. The zero-order valence-electron chi connectivity index (χ0n) is 19.0. The van der Waals surface area contributed by atoms with Crippen molar-refractivity contribution in [3.63, 3.8) is 0 Å². The smallest absolute Gasteiger partial charge is 0.221 e. The lowest BCUT2D eigenvalue weighted by atomic mass is 10.2. The zero-order valence-corrected chi connectivity index (χ0v) is 19.0. The van der Waals surface area contributed by atoms with Gasteiger partial charge in [-0.2, -0.15) is 0 Å². The maximum atomic E-state index is 11.7. The fraction of sp³-hybridized carbons (Fsp3) is 0.842. The van der Waals surface area contributed by atoms with Crippen molar-refractivity contribution in [2.45, 2.75) is 37.6 Å². The van der Waals surface area contributed by atoms with E-state index in [0.717, 1.165) is 6.29 Å². The summed E-state index contributed by atoms with van der Waals surface area (Å²) >= 11 is 0. The lowest BCUT2D eigenvalue weighted by Gasteiger charge is -2.21. The average Bonchev–Trinajstić information content (AvgIpc) is 2.80. The van der Waals surface area contributed by atoms with Crippen molar-refractivity contribution < 1.29 is 29.7 Å². The Balaban J connectivity index is 0. The normalized spacial score (nSPS) is 13.5. The SMILES string of the molecule is CNCC(O)CN.NCC(O)CNC(=O)CCN(CCC=O)CCC(=O)NCC(O)CN. The minimum atomic E-state index is -0.775. The van der Waals surface area contributed by atoms with Gasteiger partial charge in [0, 0.05) is 78.2 Å². The number of aliphatic hydroxyl groups is 3. The van der Waals surface area contributed by atoms with Gasteiger partial charge in [-0.15, -0.1) is 0 Å². The van der Waals surface area contributed by atoms with Gasteiger partial charge in [0.15, 0.2) is 0 Å². The molecule has 0 bridgehead atoms. The molecule has 0 radical (unpaired) electrons. The Bertz CT molecular complexity index is 457. The summed E-state index contributed by atoms with van der Waals surface area (Å²) in [6.07, 6.45) is -0.480. The van der Waals surface area contributed by atoms with Crippen LogP contribution in [0.3, 0.4) is 0 Å². The highest BCUT2D eigenvalue weighted by molar-refractivity contribution is 5.76. The summed E-state index contributed by atoms with van der Waals surface area (Å²) in [6.45, 7) is 2.46. The number of aliphatic hydroxyl groups excluding tert-OH is 3. The van der Waals surface area contributed by atoms with Crippen LogP contribution >= 0.6 is 0 Å². The summed E-state index contributed by atoms with van der Waals surface area (Å²) in [4.78, 5) is 35.8. The Morgan fingerprint density at radius 1 is 0.812 bits per heavy atom. The summed E-state index contributed by atoms with van der Waals surface area (Å²) < 4.78 is 0. The van der Waals surface area contributed by atoms with Crippen LogP contribution in [0.15, 0.2) is 0 Å². The standard InChI is InChI=1S/C15H31N5O5.C4H12N2O/c16-8-12(22)10-18-14(24)2-5-20(4-1-7-21)6-3-15(25)19-11-13(23)9-17;1-6-3-4(7)2-5/h7,12-13,22-23H,1-6,8-11,16-17H2,(H,18,24)(H,19,25);4,6-7H,2-3,5H2,1H3. The quantitative estimate of drug-likeness (QED) is 0.0870. The molecule has 13 nitrogen and oxygen atoms in total. The summed E-state index contributed by atoms with van der Waals surface area (Å²) in [6, 6.07) is 0. The summed E-state index contributed by atoms with van der Waals surface area (Å²) in [5.41, 5.74) is 15.6. The number of hydrogen-bond donors (Lipinski definition) is 9. The van der Waals surface area contributed by atoms with Crippen molar-refractivity contribution in [2.24, 2.45) is 17.2 Å². The van der Waals surface area contributed by atoms with Crippen LogP contribution < -0.4 is 33.2 Å². The predicted octanol–water partition coefficient (Wildman–Crippen LogP) is -4.95. The van der Waals surface area contributed by atoms with Gasteiger partial charge in [-0.3, -0.25) is 9.59 Å². The minimum Gasteiger partial charge on any atom is -0.390 e. The second kappa shape index (κ2) is 22.5. The van der Waals surface area contributed by atoms with E-state index in [-0.39, 0.29) is 56.9 Å². The van der Waals surface area contributed by atoms with Gasteiger partial charge in [0.2, 0.25) is 11.8 Å². The maximum absolute atomic E-state index is 11.7. The second-order valence-electron chi connectivity index (χ2n) is 7.13. The molecule has 0 saturated heterocycles. The number of rotatable bonds is 18. The molecule has 0 aliphatic rings. The van der Waals surface area contributed by atoms with E-state index in [0.29, 0.717) is 39.1 Å². The highest BCUT2D eigenvalue weighted by Crippen LogP contribution is 1.97. The number of nitrogens with zero attached hydrogens (tertiary/aromatic N) is 1. The first-order valence-corrected chi connectivity index (χ1v) is 10.7. The van der Waals surface area contributed by atoms with E-state index in [9.17, 15) is 24.6 Å². The van der Waals surface area contributed by atoms with E-state index in [2.05, 4.69) is 16.0 Å². The highest BCUT2D eigenvalue weighted by atomic mass is 16.3. The van der Waals surface area contributed by atoms with E-state index in [1.807, 2.05) is 4.90 Å². The number of carbonyl (C=O) groups is 3. The molecule has 0 aromatic carbocycles. The Kier molecular flexibility index (Phi) is 22.8. The van der Waals surface area contributed by atoms with Gasteiger partial charge in [0.25, 0.3) is 0 Å². The summed E-state index contributed by atoms with van der Waals surface area (Å²) in [5, 5.41) is 35.2. The van der Waals surface area contributed by atoms with Crippen LogP contribution in [0.4, 0.5) is 0 Å². The van der Waals surface area contributed by atoms with Gasteiger partial charge in [-0.05, 0) is 7.05 Å². The van der Waals surface area contributed by atoms with Crippen LogP contribution in [0.25, 0.3) is 0 Å². The lowest BCUT2D eigenvalue weighted by Crippen LogP contribution is -2.39. The maximum Gasteiger partial charge on any atom is 0.221 e. The van der Waals surface area contributed by atoms with Crippen LogP contribution in [-0.4, -0.2) is 123 Å². The highest BCUT2D eigenvalue weighted by Gasteiger charge is 2.12. The third-order valence-corrected chi connectivity index (χ3v) is 4.20. The third-order valence-electron chi connectivity index (χ3n) is 4.20. The fourth-order valence-electron chi connectivity index (χ4n) is 2.22. The van der Waals surface area contributed by atoms with Gasteiger partial charge >= 0.3 is 0 Å². The molecule has 0 fully saturated rings. The Hall–Kier alpha value is -1.71. The molecule has 2 amide bonds.